The number of anilines is 1. The standard InChI is InChI=1S/C8H9Cl2NS/c9-6-1-2-7(10)8(5-6)11-3-4-12/h1-2,5,11-12H,3-4H2. The van der Waals surface area contributed by atoms with Crippen LogP contribution in [0.25, 0.3) is 0 Å². The average molecular weight is 222 g/mol. The van der Waals surface area contributed by atoms with E-state index in [1.807, 2.05) is 0 Å². The summed E-state index contributed by atoms with van der Waals surface area (Å²) in [6, 6.07) is 5.33. The van der Waals surface area contributed by atoms with Crippen molar-refractivity contribution in [3.63, 3.8) is 0 Å². The highest BCUT2D eigenvalue weighted by molar-refractivity contribution is 7.80. The van der Waals surface area contributed by atoms with E-state index >= 15 is 0 Å². The van der Waals surface area contributed by atoms with Gasteiger partial charge in [0.15, 0.2) is 0 Å². The molecule has 0 fully saturated rings. The molecule has 0 radical (unpaired) electrons. The lowest BCUT2D eigenvalue weighted by Crippen LogP contribution is -2.02. The zero-order valence-corrected chi connectivity index (χ0v) is 8.76. The lowest BCUT2D eigenvalue weighted by molar-refractivity contribution is 1.23. The number of halogens is 2. The van der Waals surface area contributed by atoms with Crippen molar-refractivity contribution in [2.45, 2.75) is 0 Å². The molecule has 0 bridgehead atoms. The summed E-state index contributed by atoms with van der Waals surface area (Å²) in [5.74, 6) is 0.767. The molecule has 0 unspecified atom stereocenters. The lowest BCUT2D eigenvalue weighted by atomic mass is 10.3. The van der Waals surface area contributed by atoms with Crippen LogP contribution in [0.1, 0.15) is 0 Å². The van der Waals surface area contributed by atoms with Gasteiger partial charge >= 0.3 is 0 Å². The molecule has 0 amide bonds. The van der Waals surface area contributed by atoms with Gasteiger partial charge in [-0.25, -0.2) is 0 Å². The van der Waals surface area contributed by atoms with Crippen LogP contribution in [0.3, 0.4) is 0 Å². The Morgan fingerprint density at radius 2 is 2.08 bits per heavy atom. The van der Waals surface area contributed by atoms with Gasteiger partial charge in [-0.3, -0.25) is 0 Å². The second-order valence-corrected chi connectivity index (χ2v) is 3.57. The highest BCUT2D eigenvalue weighted by Gasteiger charge is 1.98. The van der Waals surface area contributed by atoms with Gasteiger partial charge in [-0.05, 0) is 18.2 Å². The van der Waals surface area contributed by atoms with Crippen LogP contribution in [0.4, 0.5) is 5.69 Å². The minimum absolute atomic E-state index is 0.682. The van der Waals surface area contributed by atoms with E-state index in [1.165, 1.54) is 0 Å². The van der Waals surface area contributed by atoms with Gasteiger partial charge in [0.05, 0.1) is 10.7 Å². The number of rotatable bonds is 3. The van der Waals surface area contributed by atoms with Crippen LogP contribution in [0.2, 0.25) is 10.0 Å². The first kappa shape index (κ1) is 10.0. The quantitative estimate of drug-likeness (QED) is 0.747. The maximum atomic E-state index is 5.89. The van der Waals surface area contributed by atoms with E-state index in [-0.39, 0.29) is 0 Å². The Labute approximate surface area is 87.5 Å². The molecule has 1 rings (SSSR count). The number of benzene rings is 1. The highest BCUT2D eigenvalue weighted by Crippen LogP contribution is 2.24. The van der Waals surface area contributed by atoms with Gasteiger partial charge in [0.25, 0.3) is 0 Å². The summed E-state index contributed by atoms with van der Waals surface area (Å²) < 4.78 is 0. The average Bonchev–Trinajstić information content (AvgIpc) is 2.07. The van der Waals surface area contributed by atoms with Gasteiger partial charge in [-0.15, -0.1) is 0 Å². The molecule has 0 atom stereocenters. The maximum Gasteiger partial charge on any atom is 0.0638 e. The monoisotopic (exact) mass is 221 g/mol. The van der Waals surface area contributed by atoms with Crippen molar-refractivity contribution in [2.75, 3.05) is 17.6 Å². The van der Waals surface area contributed by atoms with E-state index in [0.29, 0.717) is 10.0 Å². The predicted octanol–water partition coefficient (Wildman–Crippen LogP) is 3.34. The summed E-state index contributed by atoms with van der Waals surface area (Å²) >= 11 is 15.7. The van der Waals surface area contributed by atoms with E-state index in [9.17, 15) is 0 Å². The number of hydrogen-bond acceptors (Lipinski definition) is 2. The van der Waals surface area contributed by atoms with Crippen LogP contribution in [0.15, 0.2) is 18.2 Å². The molecule has 1 aromatic rings. The van der Waals surface area contributed by atoms with Crippen molar-refractivity contribution in [2.24, 2.45) is 0 Å². The molecule has 0 saturated carbocycles. The molecule has 0 aliphatic heterocycles. The Morgan fingerprint density at radius 1 is 1.33 bits per heavy atom. The molecule has 1 N–H and O–H groups in total. The van der Waals surface area contributed by atoms with Crippen molar-refractivity contribution in [3.05, 3.63) is 28.2 Å². The first-order valence-corrected chi connectivity index (χ1v) is 4.92. The van der Waals surface area contributed by atoms with E-state index in [2.05, 4.69) is 17.9 Å². The van der Waals surface area contributed by atoms with Crippen LogP contribution in [-0.2, 0) is 0 Å². The van der Waals surface area contributed by atoms with Crippen molar-refractivity contribution in [3.8, 4) is 0 Å². The molecular weight excluding hydrogens is 213 g/mol. The molecule has 4 heteroatoms. The molecular formula is C8H9Cl2NS. The molecule has 0 aromatic heterocycles. The first-order chi connectivity index (χ1) is 5.74. The Balaban J connectivity index is 2.75. The summed E-state index contributed by atoms with van der Waals surface area (Å²) in [5, 5.41) is 4.47. The molecule has 1 nitrogen and oxygen atoms in total. The van der Waals surface area contributed by atoms with Crippen LogP contribution in [0.5, 0.6) is 0 Å². The third-order valence-corrected chi connectivity index (χ3v) is 2.14. The Bertz CT molecular complexity index is 265. The van der Waals surface area contributed by atoms with Gasteiger partial charge in [0.1, 0.15) is 0 Å². The van der Waals surface area contributed by atoms with Gasteiger partial charge in [-0.1, -0.05) is 23.2 Å². The molecule has 12 heavy (non-hydrogen) atoms. The van der Waals surface area contributed by atoms with Gasteiger partial charge < -0.3 is 5.32 Å². The summed E-state index contributed by atoms with van der Waals surface area (Å²) in [5.41, 5.74) is 0.859. The van der Waals surface area contributed by atoms with Crippen molar-refractivity contribution in [1.82, 2.24) is 0 Å². The van der Waals surface area contributed by atoms with Crippen LogP contribution in [-0.4, -0.2) is 12.3 Å². The highest BCUT2D eigenvalue weighted by atomic mass is 35.5. The number of nitrogens with one attached hydrogen (secondary N) is 1. The fraction of sp³-hybridized carbons (Fsp3) is 0.250. The molecule has 0 saturated heterocycles. The summed E-state index contributed by atoms with van der Waals surface area (Å²) in [6.45, 7) is 0.781. The first-order valence-electron chi connectivity index (χ1n) is 3.54. The van der Waals surface area contributed by atoms with E-state index in [1.54, 1.807) is 18.2 Å². The number of hydrogen-bond donors (Lipinski definition) is 2. The topological polar surface area (TPSA) is 12.0 Å². The predicted molar refractivity (Wildman–Crippen MR) is 58.8 cm³/mol. The second kappa shape index (κ2) is 4.85. The largest absolute Gasteiger partial charge is 0.383 e. The third kappa shape index (κ3) is 2.77. The van der Waals surface area contributed by atoms with Crippen molar-refractivity contribution >= 4 is 41.5 Å². The van der Waals surface area contributed by atoms with Gasteiger partial charge in [-0.2, -0.15) is 12.6 Å². The summed E-state index contributed by atoms with van der Waals surface area (Å²) in [6.07, 6.45) is 0. The van der Waals surface area contributed by atoms with Crippen molar-refractivity contribution < 1.29 is 0 Å². The summed E-state index contributed by atoms with van der Waals surface area (Å²) in [7, 11) is 0. The maximum absolute atomic E-state index is 5.89. The Hall–Kier alpha value is -0.0500. The minimum Gasteiger partial charge on any atom is -0.383 e. The molecule has 0 spiro atoms. The molecule has 66 valence electrons. The van der Waals surface area contributed by atoms with Gasteiger partial charge in [0.2, 0.25) is 0 Å². The second-order valence-electron chi connectivity index (χ2n) is 2.27. The SMILES string of the molecule is SCCNc1cc(Cl)ccc1Cl. The molecule has 0 heterocycles. The molecule has 1 aromatic carbocycles. The van der Waals surface area contributed by atoms with Crippen LogP contribution >= 0.6 is 35.8 Å². The van der Waals surface area contributed by atoms with Gasteiger partial charge in [0, 0.05) is 17.3 Å². The number of thiol groups is 1. The minimum atomic E-state index is 0.682. The van der Waals surface area contributed by atoms with E-state index < -0.39 is 0 Å². The normalized spacial score (nSPS) is 9.92. The van der Waals surface area contributed by atoms with Crippen LogP contribution in [0, 0.1) is 0 Å². The Morgan fingerprint density at radius 3 is 2.75 bits per heavy atom. The Kier molecular flexibility index (Phi) is 4.06. The smallest absolute Gasteiger partial charge is 0.0638 e. The fourth-order valence-corrected chi connectivity index (χ4v) is 1.29. The zero-order chi connectivity index (χ0) is 8.97. The van der Waals surface area contributed by atoms with Crippen molar-refractivity contribution in [1.29, 1.82) is 0 Å². The van der Waals surface area contributed by atoms with Crippen LogP contribution < -0.4 is 5.32 Å². The third-order valence-electron chi connectivity index (χ3n) is 1.36. The fourth-order valence-electron chi connectivity index (χ4n) is 0.824. The van der Waals surface area contributed by atoms with E-state index in [0.717, 1.165) is 18.0 Å². The molecule has 0 aliphatic rings. The zero-order valence-electron chi connectivity index (χ0n) is 6.35. The summed E-state index contributed by atoms with van der Waals surface area (Å²) in [4.78, 5) is 0. The lowest BCUT2D eigenvalue weighted by Gasteiger charge is -2.06. The molecule has 0 aliphatic carbocycles. The van der Waals surface area contributed by atoms with E-state index in [4.69, 9.17) is 23.2 Å².